The van der Waals surface area contributed by atoms with Crippen molar-refractivity contribution in [2.24, 2.45) is 0 Å². The molecule has 1 amide bonds. The van der Waals surface area contributed by atoms with Crippen LogP contribution in [0.25, 0.3) is 10.2 Å². The molecule has 0 unspecified atom stereocenters. The predicted molar refractivity (Wildman–Crippen MR) is 111 cm³/mol. The van der Waals surface area contributed by atoms with Crippen LogP contribution in [0.15, 0.2) is 60.8 Å². The van der Waals surface area contributed by atoms with Gasteiger partial charge in [-0.15, -0.1) is 0 Å². The topological polar surface area (TPSA) is 46.1 Å². The molecule has 0 spiro atoms. The maximum absolute atomic E-state index is 13.7. The number of aryl methyl sites for hydroxylation is 1. The second kappa shape index (κ2) is 7.66. The van der Waals surface area contributed by atoms with E-state index in [0.29, 0.717) is 15.8 Å². The van der Waals surface area contributed by atoms with Crippen LogP contribution in [0.3, 0.4) is 0 Å². The highest BCUT2D eigenvalue weighted by Crippen LogP contribution is 2.36. The zero-order valence-electron chi connectivity index (χ0n) is 14.9. The van der Waals surface area contributed by atoms with Crippen LogP contribution >= 0.6 is 22.9 Å². The molecule has 2 aromatic heterocycles. The summed E-state index contributed by atoms with van der Waals surface area (Å²) in [5, 5.41) is 1.08. The zero-order valence-corrected chi connectivity index (χ0v) is 16.5. The molecule has 0 fully saturated rings. The third-order valence-electron chi connectivity index (χ3n) is 4.28. The van der Waals surface area contributed by atoms with Gasteiger partial charge >= 0.3 is 0 Å². The number of amides is 1. The normalized spacial score (nSPS) is 11.0. The number of halogens is 2. The van der Waals surface area contributed by atoms with Gasteiger partial charge < -0.3 is 0 Å². The van der Waals surface area contributed by atoms with E-state index >= 15 is 0 Å². The summed E-state index contributed by atoms with van der Waals surface area (Å²) >= 11 is 7.66. The van der Waals surface area contributed by atoms with E-state index in [1.165, 1.54) is 34.4 Å². The molecule has 0 atom stereocenters. The van der Waals surface area contributed by atoms with Crippen molar-refractivity contribution in [2.75, 3.05) is 4.90 Å². The molecule has 0 radical (unpaired) electrons. The Bertz CT molecular complexity index is 1120. The van der Waals surface area contributed by atoms with Crippen LogP contribution in [-0.4, -0.2) is 15.9 Å². The molecule has 4 aromatic rings. The number of carbonyl (C=O) groups excluding carboxylic acids is 1. The average molecular weight is 412 g/mol. The molecule has 0 aliphatic rings. The molecule has 0 N–H and O–H groups in total. The second-order valence-electron chi connectivity index (χ2n) is 6.26. The van der Waals surface area contributed by atoms with Gasteiger partial charge in [0.2, 0.25) is 0 Å². The quantitative estimate of drug-likeness (QED) is 0.436. The van der Waals surface area contributed by atoms with Gasteiger partial charge in [-0.1, -0.05) is 41.1 Å². The van der Waals surface area contributed by atoms with E-state index in [1.807, 2.05) is 37.3 Å². The number of hydrogen-bond acceptors (Lipinski definition) is 4. The highest BCUT2D eigenvalue weighted by atomic mass is 35.5. The maximum Gasteiger partial charge on any atom is 0.260 e. The smallest absolute Gasteiger partial charge is 0.260 e. The second-order valence-corrected chi connectivity index (χ2v) is 7.65. The first-order valence-corrected chi connectivity index (χ1v) is 9.75. The lowest BCUT2D eigenvalue weighted by Crippen LogP contribution is -2.30. The van der Waals surface area contributed by atoms with Crippen molar-refractivity contribution in [3.63, 3.8) is 0 Å². The molecule has 0 bridgehead atoms. The van der Waals surface area contributed by atoms with Crippen molar-refractivity contribution < 1.29 is 9.18 Å². The van der Waals surface area contributed by atoms with Gasteiger partial charge in [-0.3, -0.25) is 14.7 Å². The first kappa shape index (κ1) is 18.5. The summed E-state index contributed by atoms with van der Waals surface area (Å²) < 4.78 is 14.5. The van der Waals surface area contributed by atoms with Gasteiger partial charge in [0.1, 0.15) is 5.82 Å². The van der Waals surface area contributed by atoms with Crippen molar-refractivity contribution in [2.45, 2.75) is 13.5 Å². The van der Waals surface area contributed by atoms with Crippen molar-refractivity contribution in [3.05, 3.63) is 88.5 Å². The highest BCUT2D eigenvalue weighted by Gasteiger charge is 2.23. The van der Waals surface area contributed by atoms with Crippen LogP contribution in [0.5, 0.6) is 0 Å². The van der Waals surface area contributed by atoms with Gasteiger partial charge in [-0.2, -0.15) is 0 Å². The van der Waals surface area contributed by atoms with E-state index in [0.717, 1.165) is 15.8 Å². The predicted octanol–water partition coefficient (Wildman–Crippen LogP) is 5.64. The van der Waals surface area contributed by atoms with Crippen molar-refractivity contribution in [1.82, 2.24) is 9.97 Å². The van der Waals surface area contributed by atoms with Crippen LogP contribution in [0.4, 0.5) is 9.52 Å². The van der Waals surface area contributed by atoms with E-state index in [2.05, 4.69) is 9.97 Å². The van der Waals surface area contributed by atoms with Crippen LogP contribution < -0.4 is 4.90 Å². The average Bonchev–Trinajstić information content (AvgIpc) is 3.16. The number of benzene rings is 2. The van der Waals surface area contributed by atoms with Crippen LogP contribution in [0.2, 0.25) is 5.02 Å². The summed E-state index contributed by atoms with van der Waals surface area (Å²) in [6.07, 6.45) is 1.67. The number of nitrogens with zero attached hydrogens (tertiary/aromatic N) is 3. The van der Waals surface area contributed by atoms with Crippen LogP contribution in [0, 0.1) is 12.7 Å². The number of fused-ring (bicyclic) bond motifs is 1. The fraction of sp³-hybridized carbons (Fsp3) is 0.0952. The molecule has 0 saturated carbocycles. The SMILES string of the molecule is Cc1ccc(Cl)c2sc(N(Cc3ccccn3)C(=O)c3cccc(F)c3)nc12. The summed E-state index contributed by atoms with van der Waals surface area (Å²) in [4.78, 5) is 23.7. The molecule has 4 rings (SSSR count). The molecule has 2 heterocycles. The number of hydrogen-bond donors (Lipinski definition) is 0. The third-order valence-corrected chi connectivity index (χ3v) is 5.82. The lowest BCUT2D eigenvalue weighted by Gasteiger charge is -2.19. The minimum absolute atomic E-state index is 0.215. The van der Waals surface area contributed by atoms with E-state index in [9.17, 15) is 9.18 Å². The monoisotopic (exact) mass is 411 g/mol. The van der Waals surface area contributed by atoms with E-state index < -0.39 is 5.82 Å². The molecule has 7 heteroatoms. The Hall–Kier alpha value is -2.83. The Morgan fingerprint density at radius 3 is 2.75 bits per heavy atom. The lowest BCUT2D eigenvalue weighted by molar-refractivity contribution is 0.0984. The Morgan fingerprint density at radius 2 is 2.04 bits per heavy atom. The number of thiazole rings is 1. The lowest BCUT2D eigenvalue weighted by atomic mass is 10.2. The molecule has 0 aliphatic heterocycles. The van der Waals surface area contributed by atoms with E-state index in [4.69, 9.17) is 11.6 Å². The van der Waals surface area contributed by atoms with Crippen LogP contribution in [0.1, 0.15) is 21.6 Å². The summed E-state index contributed by atoms with van der Waals surface area (Å²) in [6.45, 7) is 2.16. The first-order valence-electron chi connectivity index (χ1n) is 8.56. The number of anilines is 1. The Kier molecular flexibility index (Phi) is 5.07. The molecule has 2 aromatic carbocycles. The minimum Gasteiger partial charge on any atom is -0.278 e. The Labute approximate surface area is 170 Å². The molecule has 4 nitrogen and oxygen atoms in total. The number of aromatic nitrogens is 2. The maximum atomic E-state index is 13.7. The summed E-state index contributed by atoms with van der Waals surface area (Å²) in [5.41, 5.74) is 2.68. The molecule has 140 valence electrons. The highest BCUT2D eigenvalue weighted by molar-refractivity contribution is 7.23. The zero-order chi connectivity index (χ0) is 19.7. The first-order chi connectivity index (χ1) is 13.5. The fourth-order valence-corrected chi connectivity index (χ4v) is 4.18. The standard InChI is InChI=1S/C21H15ClFN3OS/c1-13-8-9-17(22)19-18(13)25-21(28-19)26(12-16-7-2-3-10-24-16)20(27)14-5-4-6-15(23)11-14/h2-11H,12H2,1H3. The number of carbonyl (C=O) groups is 1. The third kappa shape index (κ3) is 3.61. The minimum atomic E-state index is -0.466. The molecule has 0 aliphatic carbocycles. The molecular weight excluding hydrogens is 397 g/mol. The largest absolute Gasteiger partial charge is 0.278 e. The van der Waals surface area contributed by atoms with Gasteiger partial charge in [-0.25, -0.2) is 9.37 Å². The molecule has 0 saturated heterocycles. The summed E-state index contributed by atoms with van der Waals surface area (Å²) in [7, 11) is 0. The summed E-state index contributed by atoms with van der Waals surface area (Å²) in [6, 6.07) is 14.8. The summed E-state index contributed by atoms with van der Waals surface area (Å²) in [5.74, 6) is -0.815. The van der Waals surface area contributed by atoms with Gasteiger partial charge in [0.25, 0.3) is 5.91 Å². The van der Waals surface area contributed by atoms with Gasteiger partial charge in [0.05, 0.1) is 27.5 Å². The molecule has 28 heavy (non-hydrogen) atoms. The van der Waals surface area contributed by atoms with Crippen molar-refractivity contribution in [1.29, 1.82) is 0 Å². The van der Waals surface area contributed by atoms with E-state index in [-0.39, 0.29) is 18.0 Å². The fourth-order valence-electron chi connectivity index (χ4n) is 2.86. The van der Waals surface area contributed by atoms with Crippen LogP contribution in [-0.2, 0) is 6.54 Å². The Morgan fingerprint density at radius 1 is 1.18 bits per heavy atom. The molecular formula is C21H15ClFN3OS. The van der Waals surface area contributed by atoms with E-state index in [1.54, 1.807) is 12.3 Å². The number of pyridine rings is 1. The van der Waals surface area contributed by atoms with Gasteiger partial charge in [0.15, 0.2) is 5.13 Å². The van der Waals surface area contributed by atoms with Crippen molar-refractivity contribution in [3.8, 4) is 0 Å². The Balaban J connectivity index is 1.82. The van der Waals surface area contributed by atoms with Gasteiger partial charge in [-0.05, 0) is 48.9 Å². The van der Waals surface area contributed by atoms with Crippen molar-refractivity contribution >= 4 is 44.2 Å². The number of rotatable bonds is 4. The van der Waals surface area contributed by atoms with Gasteiger partial charge in [0, 0.05) is 11.8 Å².